The summed E-state index contributed by atoms with van der Waals surface area (Å²) in [5, 5.41) is 0. The monoisotopic (exact) mass is 190 g/mol. The predicted molar refractivity (Wildman–Crippen MR) is 55.8 cm³/mol. The molecule has 2 nitrogen and oxygen atoms in total. The second-order valence-corrected chi connectivity index (χ2v) is 2.99. The minimum absolute atomic E-state index is 0.318. The molecule has 0 amide bonds. The van der Waals surface area contributed by atoms with Crippen LogP contribution in [0.15, 0.2) is 36.9 Å². The van der Waals surface area contributed by atoms with Gasteiger partial charge < -0.3 is 4.74 Å². The van der Waals surface area contributed by atoms with Crippen LogP contribution in [-0.4, -0.2) is 5.97 Å². The van der Waals surface area contributed by atoms with Gasteiger partial charge in [-0.3, -0.25) is 0 Å². The first-order chi connectivity index (χ1) is 6.76. The Morgan fingerprint density at radius 3 is 2.86 bits per heavy atom. The minimum atomic E-state index is -0.382. The molecular formula is C12H14O2. The van der Waals surface area contributed by atoms with E-state index in [0.29, 0.717) is 6.61 Å². The Balaban J connectivity index is 2.58. The van der Waals surface area contributed by atoms with E-state index in [0.717, 1.165) is 12.0 Å². The first kappa shape index (κ1) is 10.5. The van der Waals surface area contributed by atoms with Gasteiger partial charge in [0.25, 0.3) is 0 Å². The number of carbonyl (C=O) groups excluding carboxylic acids is 1. The summed E-state index contributed by atoms with van der Waals surface area (Å²) in [5.41, 5.74) is 2.26. The first-order valence-electron chi connectivity index (χ1n) is 4.63. The molecule has 0 fully saturated rings. The smallest absolute Gasteiger partial charge is 0.330 e. The van der Waals surface area contributed by atoms with E-state index in [-0.39, 0.29) is 5.97 Å². The Morgan fingerprint density at radius 1 is 1.50 bits per heavy atom. The molecule has 14 heavy (non-hydrogen) atoms. The molecule has 0 aliphatic carbocycles. The summed E-state index contributed by atoms with van der Waals surface area (Å²) >= 11 is 0. The molecule has 0 bridgehead atoms. The number of esters is 1. The highest BCUT2D eigenvalue weighted by atomic mass is 16.5. The molecule has 0 unspecified atom stereocenters. The molecule has 1 rings (SSSR count). The number of benzene rings is 1. The van der Waals surface area contributed by atoms with Gasteiger partial charge in [0.1, 0.15) is 6.61 Å². The molecule has 0 spiro atoms. The Labute approximate surface area is 84.2 Å². The molecule has 0 saturated carbocycles. The fourth-order valence-electron chi connectivity index (χ4n) is 1.15. The van der Waals surface area contributed by atoms with E-state index in [1.54, 1.807) is 0 Å². The van der Waals surface area contributed by atoms with Crippen molar-refractivity contribution >= 4 is 5.97 Å². The van der Waals surface area contributed by atoms with Gasteiger partial charge >= 0.3 is 5.97 Å². The lowest BCUT2D eigenvalue weighted by atomic mass is 10.1. The summed E-state index contributed by atoms with van der Waals surface area (Å²) in [4.78, 5) is 10.8. The van der Waals surface area contributed by atoms with E-state index >= 15 is 0 Å². The van der Waals surface area contributed by atoms with Crippen LogP contribution in [0.25, 0.3) is 0 Å². The summed E-state index contributed by atoms with van der Waals surface area (Å²) in [6, 6.07) is 8.00. The Morgan fingerprint density at radius 2 is 2.21 bits per heavy atom. The van der Waals surface area contributed by atoms with Crippen molar-refractivity contribution in [3.05, 3.63) is 48.0 Å². The summed E-state index contributed by atoms with van der Waals surface area (Å²) in [6.45, 7) is 5.74. The SMILES string of the molecule is C=CC(=O)OCc1cccc(CC)c1. The Kier molecular flexibility index (Phi) is 3.92. The van der Waals surface area contributed by atoms with E-state index < -0.39 is 0 Å². The molecule has 74 valence electrons. The van der Waals surface area contributed by atoms with E-state index in [2.05, 4.69) is 19.6 Å². The molecule has 0 heterocycles. The predicted octanol–water partition coefficient (Wildman–Crippen LogP) is 2.48. The highest BCUT2D eigenvalue weighted by Crippen LogP contribution is 2.07. The molecule has 0 aliphatic rings. The molecule has 1 aromatic rings. The fraction of sp³-hybridized carbons (Fsp3) is 0.250. The molecule has 0 aliphatic heterocycles. The Bertz CT molecular complexity index is 329. The van der Waals surface area contributed by atoms with Crippen LogP contribution < -0.4 is 0 Å². The average molecular weight is 190 g/mol. The van der Waals surface area contributed by atoms with Gasteiger partial charge in [-0.05, 0) is 17.5 Å². The molecule has 2 heteroatoms. The van der Waals surface area contributed by atoms with Gasteiger partial charge in [0, 0.05) is 6.08 Å². The zero-order valence-corrected chi connectivity index (χ0v) is 8.32. The largest absolute Gasteiger partial charge is 0.458 e. The van der Waals surface area contributed by atoms with Crippen LogP contribution in [-0.2, 0) is 22.6 Å². The third-order valence-corrected chi connectivity index (χ3v) is 1.95. The first-order valence-corrected chi connectivity index (χ1v) is 4.63. The van der Waals surface area contributed by atoms with Crippen molar-refractivity contribution in [3.63, 3.8) is 0 Å². The summed E-state index contributed by atoms with van der Waals surface area (Å²) < 4.78 is 4.92. The third-order valence-electron chi connectivity index (χ3n) is 1.95. The van der Waals surface area contributed by atoms with Crippen molar-refractivity contribution in [3.8, 4) is 0 Å². The molecule has 1 aromatic carbocycles. The van der Waals surface area contributed by atoms with Crippen molar-refractivity contribution in [1.29, 1.82) is 0 Å². The molecule has 0 N–H and O–H groups in total. The number of carbonyl (C=O) groups is 1. The number of hydrogen-bond acceptors (Lipinski definition) is 2. The van der Waals surface area contributed by atoms with Crippen LogP contribution in [0.1, 0.15) is 18.1 Å². The lowest BCUT2D eigenvalue weighted by Gasteiger charge is -2.03. The molecule has 0 aromatic heterocycles. The third kappa shape index (κ3) is 3.05. The van der Waals surface area contributed by atoms with Crippen molar-refractivity contribution in [1.82, 2.24) is 0 Å². The molecule has 0 radical (unpaired) electrons. The van der Waals surface area contributed by atoms with Crippen molar-refractivity contribution in [2.24, 2.45) is 0 Å². The van der Waals surface area contributed by atoms with Crippen LogP contribution in [0.4, 0.5) is 0 Å². The summed E-state index contributed by atoms with van der Waals surface area (Å²) in [7, 11) is 0. The van der Waals surface area contributed by atoms with Gasteiger partial charge in [0.15, 0.2) is 0 Å². The number of aryl methyl sites for hydroxylation is 1. The number of ether oxygens (including phenoxy) is 1. The van der Waals surface area contributed by atoms with Crippen LogP contribution in [0.2, 0.25) is 0 Å². The van der Waals surface area contributed by atoms with Crippen molar-refractivity contribution in [2.75, 3.05) is 0 Å². The van der Waals surface area contributed by atoms with Gasteiger partial charge in [-0.25, -0.2) is 4.79 Å². The standard InChI is InChI=1S/C12H14O2/c1-3-10-6-5-7-11(8-10)9-14-12(13)4-2/h4-8H,2-3,9H2,1H3. The highest BCUT2D eigenvalue weighted by molar-refractivity contribution is 5.81. The van der Waals surface area contributed by atoms with Crippen molar-refractivity contribution in [2.45, 2.75) is 20.0 Å². The van der Waals surface area contributed by atoms with E-state index in [9.17, 15) is 4.79 Å². The van der Waals surface area contributed by atoms with Gasteiger partial charge in [-0.2, -0.15) is 0 Å². The van der Waals surface area contributed by atoms with Gasteiger partial charge in [-0.1, -0.05) is 37.8 Å². The average Bonchev–Trinajstić information content (AvgIpc) is 2.26. The maximum Gasteiger partial charge on any atom is 0.330 e. The zero-order valence-electron chi connectivity index (χ0n) is 8.32. The lowest BCUT2D eigenvalue weighted by Crippen LogP contribution is -2.00. The number of hydrogen-bond donors (Lipinski definition) is 0. The van der Waals surface area contributed by atoms with E-state index in [1.165, 1.54) is 11.6 Å². The number of rotatable bonds is 4. The second-order valence-electron chi connectivity index (χ2n) is 2.99. The Hall–Kier alpha value is -1.57. The van der Waals surface area contributed by atoms with Gasteiger partial charge in [0.2, 0.25) is 0 Å². The van der Waals surface area contributed by atoms with Crippen LogP contribution >= 0.6 is 0 Å². The molecule has 0 saturated heterocycles. The summed E-state index contributed by atoms with van der Waals surface area (Å²) in [5.74, 6) is -0.382. The normalized spacial score (nSPS) is 9.50. The van der Waals surface area contributed by atoms with Crippen LogP contribution in [0, 0.1) is 0 Å². The van der Waals surface area contributed by atoms with E-state index in [4.69, 9.17) is 4.74 Å². The van der Waals surface area contributed by atoms with Gasteiger partial charge in [-0.15, -0.1) is 0 Å². The maximum atomic E-state index is 10.8. The highest BCUT2D eigenvalue weighted by Gasteiger charge is 1.98. The fourth-order valence-corrected chi connectivity index (χ4v) is 1.15. The maximum absolute atomic E-state index is 10.8. The summed E-state index contributed by atoms with van der Waals surface area (Å²) in [6.07, 6.45) is 2.16. The molecule has 0 atom stereocenters. The van der Waals surface area contributed by atoms with E-state index in [1.807, 2.05) is 18.2 Å². The zero-order chi connectivity index (χ0) is 10.4. The second kappa shape index (κ2) is 5.22. The quantitative estimate of drug-likeness (QED) is 0.538. The van der Waals surface area contributed by atoms with Crippen LogP contribution in [0.3, 0.4) is 0 Å². The molecular weight excluding hydrogens is 176 g/mol. The topological polar surface area (TPSA) is 26.3 Å². The lowest BCUT2D eigenvalue weighted by molar-refractivity contribution is -0.138. The van der Waals surface area contributed by atoms with Crippen molar-refractivity contribution < 1.29 is 9.53 Å². The van der Waals surface area contributed by atoms with Crippen LogP contribution in [0.5, 0.6) is 0 Å². The minimum Gasteiger partial charge on any atom is -0.458 e. The van der Waals surface area contributed by atoms with Gasteiger partial charge in [0.05, 0.1) is 0 Å².